The van der Waals surface area contributed by atoms with Crippen LogP contribution in [0.25, 0.3) is 0 Å². The van der Waals surface area contributed by atoms with Gasteiger partial charge in [0.05, 0.1) is 0 Å². The summed E-state index contributed by atoms with van der Waals surface area (Å²) < 4.78 is 0. The van der Waals surface area contributed by atoms with Gasteiger partial charge in [-0.25, -0.2) is 4.79 Å². The second-order valence-electron chi connectivity index (χ2n) is 5.23. The Bertz CT molecular complexity index is 405. The van der Waals surface area contributed by atoms with Crippen molar-refractivity contribution in [3.05, 3.63) is 0 Å². The van der Waals surface area contributed by atoms with Crippen LogP contribution in [-0.2, 0) is 9.59 Å². The summed E-state index contributed by atoms with van der Waals surface area (Å²) in [5, 5.41) is 2.37. The largest absolute Gasteiger partial charge is 0.331 e. The predicted octanol–water partition coefficient (Wildman–Crippen LogP) is 1.77. The zero-order valence-corrected chi connectivity index (χ0v) is 12.2. The Labute approximate surface area is 117 Å². The van der Waals surface area contributed by atoms with E-state index in [0.717, 1.165) is 18.6 Å². The lowest BCUT2D eigenvalue weighted by Crippen LogP contribution is -2.65. The zero-order chi connectivity index (χ0) is 14.0. The lowest BCUT2D eigenvalue weighted by atomic mass is 9.82. The van der Waals surface area contributed by atoms with Crippen LogP contribution in [-0.4, -0.2) is 40.3 Å². The molecule has 2 rings (SSSR count). The maximum absolute atomic E-state index is 12.6. The average Bonchev–Trinajstić information content (AvgIpc) is 2.85. The SMILES string of the molecule is CCSCC(C)N1C(=O)NC(=O)C2(CCCC2)C1=O. The van der Waals surface area contributed by atoms with Crippen molar-refractivity contribution >= 4 is 29.6 Å². The van der Waals surface area contributed by atoms with E-state index >= 15 is 0 Å². The number of imide groups is 2. The summed E-state index contributed by atoms with van der Waals surface area (Å²) in [6.07, 6.45) is 2.88. The molecule has 19 heavy (non-hydrogen) atoms. The Kier molecular flexibility index (Phi) is 4.18. The molecule has 1 saturated carbocycles. The number of barbiturate groups is 1. The van der Waals surface area contributed by atoms with Crippen LogP contribution >= 0.6 is 11.8 Å². The smallest absolute Gasteiger partial charge is 0.277 e. The van der Waals surface area contributed by atoms with Crippen molar-refractivity contribution in [3.63, 3.8) is 0 Å². The maximum Gasteiger partial charge on any atom is 0.331 e. The molecule has 0 bridgehead atoms. The molecule has 1 aliphatic heterocycles. The monoisotopic (exact) mass is 284 g/mol. The van der Waals surface area contributed by atoms with Crippen molar-refractivity contribution in [3.8, 4) is 0 Å². The molecule has 2 fully saturated rings. The van der Waals surface area contributed by atoms with Crippen LogP contribution in [0.3, 0.4) is 0 Å². The number of amides is 4. The van der Waals surface area contributed by atoms with E-state index in [9.17, 15) is 14.4 Å². The van der Waals surface area contributed by atoms with Crippen molar-refractivity contribution in [1.29, 1.82) is 0 Å². The lowest BCUT2D eigenvalue weighted by molar-refractivity contribution is -0.152. The molecule has 0 aromatic carbocycles. The van der Waals surface area contributed by atoms with E-state index in [0.29, 0.717) is 18.6 Å². The van der Waals surface area contributed by atoms with E-state index in [1.54, 1.807) is 11.8 Å². The average molecular weight is 284 g/mol. The zero-order valence-electron chi connectivity index (χ0n) is 11.4. The van der Waals surface area contributed by atoms with Crippen molar-refractivity contribution in [2.45, 2.75) is 45.6 Å². The van der Waals surface area contributed by atoms with Gasteiger partial charge in [0.25, 0.3) is 0 Å². The predicted molar refractivity (Wildman–Crippen MR) is 73.7 cm³/mol. The number of hydrogen-bond donors (Lipinski definition) is 1. The van der Waals surface area contributed by atoms with Gasteiger partial charge >= 0.3 is 6.03 Å². The standard InChI is InChI=1S/C13H20N2O3S/c1-3-19-8-9(2)15-11(17)13(6-4-5-7-13)10(16)14-12(15)18/h9H,3-8H2,1-2H3,(H,14,16,18). The topological polar surface area (TPSA) is 66.5 Å². The van der Waals surface area contributed by atoms with Crippen LogP contribution in [0.4, 0.5) is 4.79 Å². The number of carbonyl (C=O) groups excluding carboxylic acids is 3. The van der Waals surface area contributed by atoms with Gasteiger partial charge in [-0.3, -0.25) is 19.8 Å². The van der Waals surface area contributed by atoms with Gasteiger partial charge in [0.1, 0.15) is 5.41 Å². The number of carbonyl (C=O) groups is 3. The van der Waals surface area contributed by atoms with E-state index in [1.165, 1.54) is 4.90 Å². The highest BCUT2D eigenvalue weighted by molar-refractivity contribution is 7.99. The Morgan fingerprint density at radius 2 is 1.95 bits per heavy atom. The highest BCUT2D eigenvalue weighted by Gasteiger charge is 2.55. The molecule has 5 nitrogen and oxygen atoms in total. The van der Waals surface area contributed by atoms with Gasteiger partial charge in [0.15, 0.2) is 0 Å². The van der Waals surface area contributed by atoms with Crippen molar-refractivity contribution in [2.24, 2.45) is 5.41 Å². The van der Waals surface area contributed by atoms with Crippen molar-refractivity contribution < 1.29 is 14.4 Å². The van der Waals surface area contributed by atoms with Crippen molar-refractivity contribution in [1.82, 2.24) is 10.2 Å². The van der Waals surface area contributed by atoms with Crippen LogP contribution < -0.4 is 5.32 Å². The normalized spacial score (nSPS) is 23.9. The minimum Gasteiger partial charge on any atom is -0.277 e. The minimum atomic E-state index is -0.973. The number of urea groups is 1. The molecule has 0 radical (unpaired) electrons. The summed E-state index contributed by atoms with van der Waals surface area (Å²) in [7, 11) is 0. The molecule has 1 heterocycles. The molecule has 2 aliphatic rings. The molecule has 1 N–H and O–H groups in total. The fourth-order valence-corrected chi connectivity index (χ4v) is 3.61. The summed E-state index contributed by atoms with van der Waals surface area (Å²) in [5.41, 5.74) is -0.973. The molecule has 1 atom stereocenters. The third-order valence-electron chi connectivity index (χ3n) is 3.96. The Balaban J connectivity index is 2.21. The van der Waals surface area contributed by atoms with Crippen LogP contribution in [0.15, 0.2) is 0 Å². The van der Waals surface area contributed by atoms with E-state index in [2.05, 4.69) is 5.32 Å². The first kappa shape index (κ1) is 14.4. The van der Waals surface area contributed by atoms with E-state index in [4.69, 9.17) is 0 Å². The molecule has 1 saturated heterocycles. The molecule has 6 heteroatoms. The van der Waals surface area contributed by atoms with Gasteiger partial charge in [-0.05, 0) is 25.5 Å². The molecular weight excluding hydrogens is 264 g/mol. The fraction of sp³-hybridized carbons (Fsp3) is 0.769. The molecule has 1 unspecified atom stereocenters. The summed E-state index contributed by atoms with van der Waals surface area (Å²) in [6.45, 7) is 3.90. The first-order valence-corrected chi connectivity index (χ1v) is 7.95. The van der Waals surface area contributed by atoms with Crippen LogP contribution in [0.2, 0.25) is 0 Å². The Hall–Kier alpha value is -1.04. The second kappa shape index (κ2) is 5.53. The van der Waals surface area contributed by atoms with Crippen LogP contribution in [0.5, 0.6) is 0 Å². The van der Waals surface area contributed by atoms with Gasteiger partial charge in [-0.2, -0.15) is 11.8 Å². The van der Waals surface area contributed by atoms with Gasteiger partial charge in [0.2, 0.25) is 11.8 Å². The highest BCUT2D eigenvalue weighted by atomic mass is 32.2. The first-order chi connectivity index (χ1) is 9.03. The molecule has 1 aliphatic carbocycles. The first-order valence-electron chi connectivity index (χ1n) is 6.79. The number of rotatable bonds is 4. The third kappa shape index (κ3) is 2.38. The quantitative estimate of drug-likeness (QED) is 0.799. The van der Waals surface area contributed by atoms with Gasteiger partial charge < -0.3 is 0 Å². The van der Waals surface area contributed by atoms with Crippen LogP contribution in [0, 0.1) is 5.41 Å². The minimum absolute atomic E-state index is 0.178. The van der Waals surface area contributed by atoms with Gasteiger partial charge in [0, 0.05) is 11.8 Å². The summed E-state index contributed by atoms with van der Waals surface area (Å²) >= 11 is 1.69. The summed E-state index contributed by atoms with van der Waals surface area (Å²) in [6, 6.07) is -0.736. The number of hydrogen-bond acceptors (Lipinski definition) is 4. The molecule has 1 spiro atoms. The van der Waals surface area contributed by atoms with E-state index in [-0.39, 0.29) is 11.9 Å². The number of nitrogens with one attached hydrogen (secondary N) is 1. The van der Waals surface area contributed by atoms with E-state index in [1.807, 2.05) is 13.8 Å². The highest BCUT2D eigenvalue weighted by Crippen LogP contribution is 2.42. The molecule has 4 amide bonds. The van der Waals surface area contributed by atoms with Crippen molar-refractivity contribution in [2.75, 3.05) is 11.5 Å². The summed E-state index contributed by atoms with van der Waals surface area (Å²) in [4.78, 5) is 37.8. The second-order valence-corrected chi connectivity index (χ2v) is 6.55. The van der Waals surface area contributed by atoms with Crippen LogP contribution in [0.1, 0.15) is 39.5 Å². The van der Waals surface area contributed by atoms with Gasteiger partial charge in [-0.15, -0.1) is 0 Å². The number of nitrogens with zero attached hydrogens (tertiary/aromatic N) is 1. The number of thioether (sulfide) groups is 1. The summed E-state index contributed by atoms with van der Waals surface area (Å²) in [5.74, 6) is 0.965. The Morgan fingerprint density at radius 1 is 1.32 bits per heavy atom. The lowest BCUT2D eigenvalue weighted by Gasteiger charge is -2.39. The molecule has 0 aromatic heterocycles. The van der Waals surface area contributed by atoms with Gasteiger partial charge in [-0.1, -0.05) is 19.8 Å². The molecular formula is C13H20N2O3S. The molecule has 106 valence electrons. The third-order valence-corrected chi connectivity index (χ3v) is 5.09. The fourth-order valence-electron chi connectivity index (χ4n) is 2.88. The van der Waals surface area contributed by atoms with E-state index < -0.39 is 17.4 Å². The Morgan fingerprint density at radius 3 is 2.53 bits per heavy atom. The maximum atomic E-state index is 12.6. The molecule has 0 aromatic rings.